The molecule has 1 aliphatic heterocycles. The first-order valence-electron chi connectivity index (χ1n) is 5.02. The molecule has 0 bridgehead atoms. The van der Waals surface area contributed by atoms with Gasteiger partial charge in [0.25, 0.3) is 0 Å². The predicted octanol–water partition coefficient (Wildman–Crippen LogP) is 3.11. The molecule has 1 saturated heterocycles. The maximum Gasteiger partial charge on any atom is 0.0411 e. The molecule has 1 N–H and O–H groups in total. The van der Waals surface area contributed by atoms with Gasteiger partial charge in [-0.05, 0) is 37.1 Å². The lowest BCUT2D eigenvalue weighted by Crippen LogP contribution is -2.17. The van der Waals surface area contributed by atoms with E-state index < -0.39 is 0 Å². The second kappa shape index (κ2) is 4.63. The fourth-order valence-electron chi connectivity index (χ4n) is 1.71. The average Bonchev–Trinajstić information content (AvgIpc) is 2.67. The van der Waals surface area contributed by atoms with Gasteiger partial charge >= 0.3 is 0 Å². The van der Waals surface area contributed by atoms with Crippen molar-refractivity contribution in [2.45, 2.75) is 18.9 Å². The average molecular weight is 208 g/mol. The van der Waals surface area contributed by atoms with Gasteiger partial charge in [0.15, 0.2) is 0 Å². The summed E-state index contributed by atoms with van der Waals surface area (Å²) in [6, 6.07) is 8.47. The van der Waals surface area contributed by atoms with Gasteiger partial charge in [0.1, 0.15) is 0 Å². The molecular weight excluding hydrogens is 194 g/mol. The monoisotopic (exact) mass is 207 g/mol. The van der Waals surface area contributed by atoms with Crippen LogP contribution in [0.1, 0.15) is 18.4 Å². The summed E-state index contributed by atoms with van der Waals surface area (Å²) in [6.45, 7) is 1.14. The second-order valence-electron chi connectivity index (χ2n) is 3.62. The van der Waals surface area contributed by atoms with Crippen LogP contribution >= 0.6 is 11.6 Å². The van der Waals surface area contributed by atoms with Gasteiger partial charge in [0, 0.05) is 11.1 Å². The summed E-state index contributed by atoms with van der Waals surface area (Å²) >= 11 is 5.89. The maximum atomic E-state index is 5.89. The van der Waals surface area contributed by atoms with Crippen LogP contribution in [-0.4, -0.2) is 12.6 Å². The third-order valence-electron chi connectivity index (χ3n) is 2.47. The predicted molar refractivity (Wildman–Crippen MR) is 61.5 cm³/mol. The second-order valence-corrected chi connectivity index (χ2v) is 4.05. The highest BCUT2D eigenvalue weighted by atomic mass is 35.5. The van der Waals surface area contributed by atoms with Crippen molar-refractivity contribution in [1.29, 1.82) is 0 Å². The Morgan fingerprint density at radius 2 is 2.36 bits per heavy atom. The molecule has 0 aliphatic carbocycles. The van der Waals surface area contributed by atoms with Crippen molar-refractivity contribution < 1.29 is 0 Å². The topological polar surface area (TPSA) is 12.0 Å². The van der Waals surface area contributed by atoms with Crippen molar-refractivity contribution in [3.63, 3.8) is 0 Å². The van der Waals surface area contributed by atoms with E-state index >= 15 is 0 Å². The highest BCUT2D eigenvalue weighted by Gasteiger charge is 2.09. The standard InChI is InChI=1S/C12H14ClN/c13-11-4-1-3-10(9-11)6-7-12-5-2-8-14-12/h1,3-4,6-7,9,12,14H,2,5,8H2/t12-/m1/s1. The van der Waals surface area contributed by atoms with Crippen molar-refractivity contribution in [2.24, 2.45) is 0 Å². The summed E-state index contributed by atoms with van der Waals surface area (Å²) in [5, 5.41) is 4.22. The summed E-state index contributed by atoms with van der Waals surface area (Å²) in [6.07, 6.45) is 6.88. The van der Waals surface area contributed by atoms with Gasteiger partial charge in [0.2, 0.25) is 0 Å². The van der Waals surface area contributed by atoms with E-state index in [4.69, 9.17) is 11.6 Å². The molecule has 0 unspecified atom stereocenters. The molecule has 2 rings (SSSR count). The van der Waals surface area contributed by atoms with Gasteiger partial charge in [-0.1, -0.05) is 35.9 Å². The fourth-order valence-corrected chi connectivity index (χ4v) is 1.91. The minimum atomic E-state index is 0.550. The molecule has 0 spiro atoms. The van der Waals surface area contributed by atoms with Gasteiger partial charge in [-0.15, -0.1) is 0 Å². The zero-order valence-corrected chi connectivity index (χ0v) is 8.80. The van der Waals surface area contributed by atoms with Crippen molar-refractivity contribution in [1.82, 2.24) is 5.32 Å². The van der Waals surface area contributed by atoms with E-state index in [2.05, 4.69) is 23.5 Å². The van der Waals surface area contributed by atoms with Crippen LogP contribution < -0.4 is 5.32 Å². The lowest BCUT2D eigenvalue weighted by molar-refractivity contribution is 0.730. The van der Waals surface area contributed by atoms with Gasteiger partial charge in [-0.3, -0.25) is 0 Å². The number of nitrogens with one attached hydrogen (secondary N) is 1. The first-order valence-corrected chi connectivity index (χ1v) is 5.39. The Morgan fingerprint density at radius 1 is 1.43 bits per heavy atom. The summed E-state index contributed by atoms with van der Waals surface area (Å²) in [5.41, 5.74) is 1.17. The van der Waals surface area contributed by atoms with Crippen LogP contribution in [0.5, 0.6) is 0 Å². The van der Waals surface area contributed by atoms with Crippen molar-refractivity contribution in [3.8, 4) is 0 Å². The molecular formula is C12H14ClN. The number of hydrogen-bond donors (Lipinski definition) is 1. The van der Waals surface area contributed by atoms with E-state index in [0.29, 0.717) is 6.04 Å². The zero-order valence-electron chi connectivity index (χ0n) is 8.04. The van der Waals surface area contributed by atoms with Gasteiger partial charge in [0.05, 0.1) is 0 Å². The third kappa shape index (κ3) is 2.60. The molecule has 1 heterocycles. The van der Waals surface area contributed by atoms with Crippen molar-refractivity contribution in [2.75, 3.05) is 6.54 Å². The third-order valence-corrected chi connectivity index (χ3v) is 2.70. The Balaban J connectivity index is 2.02. The summed E-state index contributed by atoms with van der Waals surface area (Å²) in [4.78, 5) is 0. The van der Waals surface area contributed by atoms with Crippen LogP contribution in [0.25, 0.3) is 6.08 Å². The minimum absolute atomic E-state index is 0.550. The molecule has 1 aliphatic rings. The molecule has 2 heteroatoms. The first kappa shape index (κ1) is 9.75. The summed E-state index contributed by atoms with van der Waals surface area (Å²) < 4.78 is 0. The minimum Gasteiger partial charge on any atom is -0.311 e. The normalized spacial score (nSPS) is 21.9. The molecule has 1 atom stereocenters. The van der Waals surface area contributed by atoms with Crippen LogP contribution in [-0.2, 0) is 0 Å². The molecule has 0 amide bonds. The Hall–Kier alpha value is -0.790. The summed E-state index contributed by atoms with van der Waals surface area (Å²) in [7, 11) is 0. The molecule has 0 radical (unpaired) electrons. The smallest absolute Gasteiger partial charge is 0.0411 e. The Bertz CT molecular complexity index is 327. The van der Waals surface area contributed by atoms with Gasteiger partial charge in [-0.25, -0.2) is 0 Å². The quantitative estimate of drug-likeness (QED) is 0.786. The van der Waals surface area contributed by atoms with Crippen LogP contribution in [0.4, 0.5) is 0 Å². The fraction of sp³-hybridized carbons (Fsp3) is 0.333. The lowest BCUT2D eigenvalue weighted by Gasteiger charge is -2.02. The summed E-state index contributed by atoms with van der Waals surface area (Å²) in [5.74, 6) is 0. The van der Waals surface area contributed by atoms with Crippen molar-refractivity contribution in [3.05, 3.63) is 40.9 Å². The van der Waals surface area contributed by atoms with Crippen LogP contribution in [0.3, 0.4) is 0 Å². The molecule has 1 fully saturated rings. The van der Waals surface area contributed by atoms with Gasteiger partial charge in [-0.2, -0.15) is 0 Å². The Labute approximate surface area is 89.8 Å². The number of rotatable bonds is 2. The van der Waals surface area contributed by atoms with Gasteiger partial charge < -0.3 is 5.32 Å². The van der Waals surface area contributed by atoms with E-state index in [-0.39, 0.29) is 0 Å². The molecule has 14 heavy (non-hydrogen) atoms. The maximum absolute atomic E-state index is 5.89. The van der Waals surface area contributed by atoms with Crippen LogP contribution in [0, 0.1) is 0 Å². The zero-order chi connectivity index (χ0) is 9.80. The van der Waals surface area contributed by atoms with E-state index in [9.17, 15) is 0 Å². The highest BCUT2D eigenvalue weighted by Crippen LogP contribution is 2.13. The Kier molecular flexibility index (Phi) is 3.22. The SMILES string of the molecule is Clc1cccc(C=C[C@H]2CCCN2)c1. The molecule has 1 nitrogen and oxygen atoms in total. The van der Waals surface area contributed by atoms with Crippen LogP contribution in [0.2, 0.25) is 5.02 Å². The van der Waals surface area contributed by atoms with E-state index in [1.165, 1.54) is 18.4 Å². The first-order chi connectivity index (χ1) is 6.84. The van der Waals surface area contributed by atoms with E-state index in [0.717, 1.165) is 11.6 Å². The van der Waals surface area contributed by atoms with Crippen molar-refractivity contribution >= 4 is 17.7 Å². The number of halogens is 1. The molecule has 1 aromatic carbocycles. The van der Waals surface area contributed by atoms with Crippen LogP contribution in [0.15, 0.2) is 30.3 Å². The molecule has 0 saturated carbocycles. The lowest BCUT2D eigenvalue weighted by atomic mass is 10.1. The molecule has 74 valence electrons. The number of hydrogen-bond acceptors (Lipinski definition) is 1. The van der Waals surface area contributed by atoms with E-state index in [1.807, 2.05) is 18.2 Å². The largest absolute Gasteiger partial charge is 0.311 e. The molecule has 1 aromatic rings. The Morgan fingerprint density at radius 3 is 3.07 bits per heavy atom. The van der Waals surface area contributed by atoms with E-state index in [1.54, 1.807) is 0 Å². The molecule has 0 aromatic heterocycles. The number of benzene rings is 1. The highest BCUT2D eigenvalue weighted by molar-refractivity contribution is 6.30.